The molecule has 0 spiro atoms. The van der Waals surface area contributed by atoms with Crippen LogP contribution in [0.4, 0.5) is 23.2 Å². The number of anilines is 1. The first-order valence-electron chi connectivity index (χ1n) is 8.06. The van der Waals surface area contributed by atoms with E-state index >= 15 is 0 Å². The molecular formula is C19H15F4N3O2. The molecule has 0 atom stereocenters. The van der Waals surface area contributed by atoms with Gasteiger partial charge in [-0.2, -0.15) is 18.3 Å². The Bertz CT molecular complexity index is 1010. The number of aryl methyl sites for hydroxylation is 1. The lowest BCUT2D eigenvalue weighted by molar-refractivity contribution is -0.141. The highest BCUT2D eigenvalue weighted by Crippen LogP contribution is 2.36. The molecule has 0 fully saturated rings. The second-order valence-corrected chi connectivity index (χ2v) is 5.89. The summed E-state index contributed by atoms with van der Waals surface area (Å²) in [4.78, 5) is 12.6. The maximum absolute atomic E-state index is 14.9. The van der Waals surface area contributed by atoms with Crippen LogP contribution >= 0.6 is 0 Å². The summed E-state index contributed by atoms with van der Waals surface area (Å²) in [6.07, 6.45) is -3.90. The largest absolute Gasteiger partial charge is 0.494 e. The van der Waals surface area contributed by atoms with Crippen LogP contribution < -0.4 is 10.1 Å². The summed E-state index contributed by atoms with van der Waals surface area (Å²) >= 11 is 0. The van der Waals surface area contributed by atoms with Crippen LogP contribution in [0.3, 0.4) is 0 Å². The fraction of sp³-hybridized carbons (Fsp3) is 0.158. The van der Waals surface area contributed by atoms with Gasteiger partial charge >= 0.3 is 6.18 Å². The van der Waals surface area contributed by atoms with E-state index in [2.05, 4.69) is 10.4 Å². The molecule has 1 N–H and O–H groups in total. The fourth-order valence-electron chi connectivity index (χ4n) is 2.74. The molecule has 1 heterocycles. The normalized spacial score (nSPS) is 11.4. The van der Waals surface area contributed by atoms with E-state index in [0.717, 1.165) is 10.9 Å². The van der Waals surface area contributed by atoms with Crippen LogP contribution in [0.25, 0.3) is 11.1 Å². The Morgan fingerprint density at radius 1 is 1.14 bits per heavy atom. The van der Waals surface area contributed by atoms with E-state index in [1.54, 1.807) is 30.3 Å². The number of rotatable bonds is 4. The van der Waals surface area contributed by atoms with E-state index in [4.69, 9.17) is 4.74 Å². The first-order valence-corrected chi connectivity index (χ1v) is 8.06. The van der Waals surface area contributed by atoms with Gasteiger partial charge in [0.25, 0.3) is 5.91 Å². The number of hydrogen-bond acceptors (Lipinski definition) is 3. The molecule has 9 heteroatoms. The Morgan fingerprint density at radius 2 is 1.82 bits per heavy atom. The molecular weight excluding hydrogens is 378 g/mol. The maximum Gasteiger partial charge on any atom is 0.435 e. The van der Waals surface area contributed by atoms with E-state index in [0.29, 0.717) is 11.1 Å². The Kier molecular flexibility index (Phi) is 5.08. The Labute approximate surface area is 157 Å². The van der Waals surface area contributed by atoms with Crippen LogP contribution in [0.2, 0.25) is 0 Å². The van der Waals surface area contributed by atoms with Crippen molar-refractivity contribution in [3.05, 3.63) is 65.7 Å². The lowest BCUT2D eigenvalue weighted by Crippen LogP contribution is -2.19. The van der Waals surface area contributed by atoms with Gasteiger partial charge in [-0.25, -0.2) is 4.39 Å². The van der Waals surface area contributed by atoms with Crippen molar-refractivity contribution in [2.24, 2.45) is 7.05 Å². The fourth-order valence-corrected chi connectivity index (χ4v) is 2.74. The van der Waals surface area contributed by atoms with Crippen molar-refractivity contribution in [2.75, 3.05) is 12.4 Å². The lowest BCUT2D eigenvalue weighted by atomic mass is 10.0. The molecule has 3 rings (SSSR count). The van der Waals surface area contributed by atoms with Crippen LogP contribution in [0.15, 0.2) is 48.7 Å². The van der Waals surface area contributed by atoms with Crippen molar-refractivity contribution in [1.29, 1.82) is 0 Å². The van der Waals surface area contributed by atoms with Crippen LogP contribution in [0.5, 0.6) is 5.75 Å². The van der Waals surface area contributed by atoms with Gasteiger partial charge in [0, 0.05) is 18.8 Å². The van der Waals surface area contributed by atoms with Crippen LogP contribution in [0.1, 0.15) is 16.1 Å². The summed E-state index contributed by atoms with van der Waals surface area (Å²) in [7, 11) is 2.50. The number of alkyl halides is 3. The number of benzene rings is 2. The maximum atomic E-state index is 14.9. The van der Waals surface area contributed by atoms with Crippen molar-refractivity contribution in [3.8, 4) is 16.9 Å². The average molecular weight is 393 g/mol. The summed E-state index contributed by atoms with van der Waals surface area (Å²) in [6.45, 7) is 0. The third kappa shape index (κ3) is 3.68. The van der Waals surface area contributed by atoms with E-state index in [1.807, 2.05) is 0 Å². The zero-order valence-corrected chi connectivity index (χ0v) is 14.8. The molecule has 0 aliphatic carbocycles. The third-order valence-electron chi connectivity index (χ3n) is 3.99. The molecule has 2 aromatic carbocycles. The van der Waals surface area contributed by atoms with Gasteiger partial charge in [-0.1, -0.05) is 30.3 Å². The Balaban J connectivity index is 2.08. The summed E-state index contributed by atoms with van der Waals surface area (Å²) in [6, 6.07) is 11.4. The minimum Gasteiger partial charge on any atom is -0.494 e. The van der Waals surface area contributed by atoms with Crippen molar-refractivity contribution >= 4 is 11.6 Å². The molecule has 0 aliphatic rings. The summed E-state index contributed by atoms with van der Waals surface area (Å²) in [5.74, 6) is -2.18. The molecule has 0 saturated heterocycles. The topological polar surface area (TPSA) is 56.1 Å². The minimum absolute atomic E-state index is 0.155. The van der Waals surface area contributed by atoms with E-state index < -0.39 is 29.2 Å². The molecule has 28 heavy (non-hydrogen) atoms. The zero-order valence-electron chi connectivity index (χ0n) is 14.8. The molecule has 0 radical (unpaired) electrons. The molecule has 5 nitrogen and oxygen atoms in total. The quantitative estimate of drug-likeness (QED) is 0.664. The number of nitrogens with zero attached hydrogens (tertiary/aromatic N) is 2. The molecule has 0 saturated carbocycles. The number of amides is 1. The van der Waals surface area contributed by atoms with Gasteiger partial charge in [0.2, 0.25) is 0 Å². The number of nitrogens with one attached hydrogen (secondary N) is 1. The SMILES string of the molecule is COc1ccc(-c2ccccc2)c(NC(=O)c2cn(C)nc2C(F)(F)F)c1F. The molecule has 146 valence electrons. The summed E-state index contributed by atoms with van der Waals surface area (Å²) < 4.78 is 60.1. The van der Waals surface area contributed by atoms with Crippen molar-refractivity contribution in [1.82, 2.24) is 9.78 Å². The number of aromatic nitrogens is 2. The second kappa shape index (κ2) is 7.34. The van der Waals surface area contributed by atoms with E-state index in [1.165, 1.54) is 26.3 Å². The number of carbonyl (C=O) groups is 1. The molecule has 0 aliphatic heterocycles. The molecule has 0 unspecified atom stereocenters. The van der Waals surface area contributed by atoms with Gasteiger partial charge in [0.05, 0.1) is 18.4 Å². The number of halogens is 4. The number of hydrogen-bond donors (Lipinski definition) is 1. The van der Waals surface area contributed by atoms with Crippen molar-refractivity contribution in [2.45, 2.75) is 6.18 Å². The van der Waals surface area contributed by atoms with Gasteiger partial charge in [0.15, 0.2) is 17.3 Å². The molecule has 3 aromatic rings. The predicted octanol–water partition coefficient (Wildman–Crippen LogP) is 4.51. The first kappa shape index (κ1) is 19.4. The molecule has 0 bridgehead atoms. The minimum atomic E-state index is -4.83. The van der Waals surface area contributed by atoms with Crippen LogP contribution in [-0.2, 0) is 13.2 Å². The average Bonchev–Trinajstić information content (AvgIpc) is 3.06. The highest BCUT2D eigenvalue weighted by atomic mass is 19.4. The van der Waals surface area contributed by atoms with E-state index in [-0.39, 0.29) is 11.4 Å². The van der Waals surface area contributed by atoms with Gasteiger partial charge < -0.3 is 10.1 Å². The smallest absolute Gasteiger partial charge is 0.435 e. The van der Waals surface area contributed by atoms with Crippen LogP contribution in [0, 0.1) is 5.82 Å². The van der Waals surface area contributed by atoms with Gasteiger partial charge in [-0.15, -0.1) is 0 Å². The highest BCUT2D eigenvalue weighted by Gasteiger charge is 2.39. The number of carbonyl (C=O) groups excluding carboxylic acids is 1. The standard InChI is InChI=1S/C19H15F4N3O2/c1-26-10-13(17(25-26)19(21,22)23)18(27)24-16-12(11-6-4-3-5-7-11)8-9-14(28-2)15(16)20/h3-10H,1-2H3,(H,24,27). The van der Waals surface area contributed by atoms with Gasteiger partial charge in [-0.3, -0.25) is 9.48 Å². The summed E-state index contributed by atoms with van der Waals surface area (Å²) in [5, 5.41) is 5.54. The monoisotopic (exact) mass is 393 g/mol. The Morgan fingerprint density at radius 3 is 2.43 bits per heavy atom. The van der Waals surface area contributed by atoms with Gasteiger partial charge in [0.1, 0.15) is 0 Å². The second-order valence-electron chi connectivity index (χ2n) is 5.89. The van der Waals surface area contributed by atoms with E-state index in [9.17, 15) is 22.4 Å². The summed E-state index contributed by atoms with van der Waals surface area (Å²) in [5.41, 5.74) is -1.48. The van der Waals surface area contributed by atoms with Crippen molar-refractivity contribution in [3.63, 3.8) is 0 Å². The highest BCUT2D eigenvalue weighted by molar-refractivity contribution is 6.07. The molecule has 1 aromatic heterocycles. The van der Waals surface area contributed by atoms with Gasteiger partial charge in [-0.05, 0) is 17.7 Å². The van der Waals surface area contributed by atoms with Crippen molar-refractivity contribution < 1.29 is 27.1 Å². The first-order chi connectivity index (χ1) is 13.2. The molecule has 1 amide bonds. The third-order valence-corrected chi connectivity index (χ3v) is 3.99. The Hall–Kier alpha value is -3.36. The number of ether oxygens (including phenoxy) is 1. The lowest BCUT2D eigenvalue weighted by Gasteiger charge is -2.15. The predicted molar refractivity (Wildman–Crippen MR) is 94.6 cm³/mol. The number of methoxy groups -OCH3 is 1. The van der Waals surface area contributed by atoms with Crippen LogP contribution in [-0.4, -0.2) is 22.8 Å². The zero-order chi connectivity index (χ0) is 20.5.